The number of nitrogens with zero attached hydrogens (tertiary/aromatic N) is 2. The van der Waals surface area contributed by atoms with Crippen molar-refractivity contribution in [2.45, 2.75) is 0 Å². The van der Waals surface area contributed by atoms with E-state index in [4.69, 9.17) is 0 Å². The molecular formula is C12H10N4O2S2. The largest absolute Gasteiger partial charge is 0.331 e. The van der Waals surface area contributed by atoms with Crippen molar-refractivity contribution in [2.75, 3.05) is 0 Å². The van der Waals surface area contributed by atoms with Gasteiger partial charge < -0.3 is 0 Å². The lowest BCUT2D eigenvalue weighted by Crippen LogP contribution is -2.35. The van der Waals surface area contributed by atoms with Gasteiger partial charge in [0.1, 0.15) is 0 Å². The number of carbonyl (C=O) groups excluding carboxylic acids is 2. The maximum absolute atomic E-state index is 11.4. The Hall–Kier alpha value is -2.32. The van der Waals surface area contributed by atoms with Crippen LogP contribution in [0, 0.1) is 0 Å². The molecule has 0 radical (unpaired) electrons. The van der Waals surface area contributed by atoms with Crippen LogP contribution in [-0.2, 0) is 9.59 Å². The predicted molar refractivity (Wildman–Crippen MR) is 80.1 cm³/mol. The predicted octanol–water partition coefficient (Wildman–Crippen LogP) is 1.41. The van der Waals surface area contributed by atoms with Crippen molar-refractivity contribution in [1.29, 1.82) is 0 Å². The number of nitrogens with one attached hydrogen (secondary N) is 2. The van der Waals surface area contributed by atoms with E-state index in [-0.39, 0.29) is 0 Å². The van der Waals surface area contributed by atoms with Gasteiger partial charge in [-0.15, -0.1) is 22.7 Å². The Labute approximate surface area is 122 Å². The maximum atomic E-state index is 11.4. The van der Waals surface area contributed by atoms with Gasteiger partial charge in [-0.25, -0.2) is 10.9 Å². The summed E-state index contributed by atoms with van der Waals surface area (Å²) in [6, 6.07) is 7.40. The zero-order valence-corrected chi connectivity index (χ0v) is 11.8. The van der Waals surface area contributed by atoms with Gasteiger partial charge in [-0.1, -0.05) is 12.1 Å². The van der Waals surface area contributed by atoms with Crippen molar-refractivity contribution >= 4 is 46.9 Å². The highest BCUT2D eigenvalue weighted by atomic mass is 32.1. The number of carbonyl (C=O) groups is 2. The fourth-order valence-electron chi connectivity index (χ4n) is 1.14. The van der Waals surface area contributed by atoms with Crippen LogP contribution in [0.1, 0.15) is 9.75 Å². The van der Waals surface area contributed by atoms with E-state index in [1.54, 1.807) is 0 Å². The van der Waals surface area contributed by atoms with E-state index in [1.165, 1.54) is 35.1 Å². The second kappa shape index (κ2) is 7.31. The van der Waals surface area contributed by atoms with E-state index in [0.717, 1.165) is 9.75 Å². The van der Waals surface area contributed by atoms with Gasteiger partial charge in [0.25, 0.3) is 0 Å². The van der Waals surface area contributed by atoms with Gasteiger partial charge in [0, 0.05) is 9.75 Å². The first kappa shape index (κ1) is 14.1. The molecule has 20 heavy (non-hydrogen) atoms. The molecule has 0 aliphatic carbocycles. The summed E-state index contributed by atoms with van der Waals surface area (Å²) in [5.41, 5.74) is 4.24. The minimum absolute atomic E-state index is 0.874. The molecule has 0 aliphatic heterocycles. The molecule has 0 spiro atoms. The smallest absolute Gasteiger partial charge is 0.262 e. The molecule has 0 aromatic carbocycles. The van der Waals surface area contributed by atoms with Crippen LogP contribution in [0.4, 0.5) is 0 Å². The number of rotatable bonds is 4. The number of amides is 2. The first-order valence-electron chi connectivity index (χ1n) is 5.49. The van der Waals surface area contributed by atoms with E-state index in [0.29, 0.717) is 0 Å². The molecule has 0 aliphatic rings. The second-order valence-corrected chi connectivity index (χ2v) is 5.39. The normalized spacial score (nSPS) is 11.0. The third kappa shape index (κ3) is 4.41. The third-order valence-electron chi connectivity index (χ3n) is 2.01. The van der Waals surface area contributed by atoms with E-state index < -0.39 is 11.8 Å². The van der Waals surface area contributed by atoms with E-state index >= 15 is 0 Å². The average Bonchev–Trinajstić information content (AvgIpc) is 3.11. The van der Waals surface area contributed by atoms with E-state index in [9.17, 15) is 9.59 Å². The Kier molecular flexibility index (Phi) is 5.15. The van der Waals surface area contributed by atoms with Crippen LogP contribution in [0.15, 0.2) is 45.2 Å². The zero-order valence-electron chi connectivity index (χ0n) is 10.1. The molecule has 2 N–H and O–H groups in total. The van der Waals surface area contributed by atoms with Crippen molar-refractivity contribution in [2.24, 2.45) is 10.2 Å². The van der Waals surface area contributed by atoms with Crippen molar-refractivity contribution in [3.05, 3.63) is 44.8 Å². The van der Waals surface area contributed by atoms with Crippen LogP contribution in [-0.4, -0.2) is 24.2 Å². The molecule has 8 heteroatoms. The van der Waals surface area contributed by atoms with Gasteiger partial charge >= 0.3 is 11.8 Å². The van der Waals surface area contributed by atoms with Gasteiger partial charge in [0.15, 0.2) is 0 Å². The van der Waals surface area contributed by atoms with E-state index in [2.05, 4.69) is 21.1 Å². The quantitative estimate of drug-likeness (QED) is 0.508. The molecule has 0 unspecified atom stereocenters. The zero-order chi connectivity index (χ0) is 14.2. The molecular weight excluding hydrogens is 296 g/mol. The van der Waals surface area contributed by atoms with Crippen molar-refractivity contribution < 1.29 is 9.59 Å². The molecule has 2 heterocycles. The lowest BCUT2D eigenvalue weighted by atomic mass is 10.5. The van der Waals surface area contributed by atoms with Gasteiger partial charge in [0.05, 0.1) is 12.4 Å². The van der Waals surface area contributed by atoms with Gasteiger partial charge in [-0.2, -0.15) is 10.2 Å². The number of thiophene rings is 2. The SMILES string of the molecule is O=C(NN=Cc1cccs1)C(=O)NN=Cc1cccs1. The molecule has 0 bridgehead atoms. The average molecular weight is 306 g/mol. The highest BCUT2D eigenvalue weighted by Gasteiger charge is 2.10. The number of hydrogen-bond donors (Lipinski definition) is 2. The van der Waals surface area contributed by atoms with Crippen LogP contribution in [0.25, 0.3) is 0 Å². The fraction of sp³-hybridized carbons (Fsp3) is 0. The summed E-state index contributed by atoms with van der Waals surface area (Å²) in [5.74, 6) is -1.75. The van der Waals surface area contributed by atoms with Crippen LogP contribution in [0.5, 0.6) is 0 Å². The maximum Gasteiger partial charge on any atom is 0.331 e. The van der Waals surface area contributed by atoms with Gasteiger partial charge in [-0.3, -0.25) is 9.59 Å². The Balaban J connectivity index is 1.76. The summed E-state index contributed by atoms with van der Waals surface area (Å²) in [7, 11) is 0. The van der Waals surface area contributed by atoms with Crippen LogP contribution < -0.4 is 10.9 Å². The summed E-state index contributed by atoms with van der Waals surface area (Å²) < 4.78 is 0. The fourth-order valence-corrected chi connectivity index (χ4v) is 2.31. The molecule has 0 saturated heterocycles. The molecule has 0 fully saturated rings. The summed E-state index contributed by atoms with van der Waals surface area (Å²) in [4.78, 5) is 24.5. The van der Waals surface area contributed by atoms with Crippen LogP contribution in [0.3, 0.4) is 0 Å². The minimum Gasteiger partial charge on any atom is -0.262 e. The molecule has 2 rings (SSSR count). The topological polar surface area (TPSA) is 82.9 Å². The molecule has 2 amide bonds. The first-order chi connectivity index (χ1) is 9.75. The highest BCUT2D eigenvalue weighted by molar-refractivity contribution is 7.12. The van der Waals surface area contributed by atoms with Crippen molar-refractivity contribution in [1.82, 2.24) is 10.9 Å². The Morgan fingerprint density at radius 3 is 1.70 bits per heavy atom. The Bertz CT molecular complexity index is 562. The van der Waals surface area contributed by atoms with Crippen molar-refractivity contribution in [3.63, 3.8) is 0 Å². The Morgan fingerprint density at radius 2 is 1.35 bits per heavy atom. The summed E-state index contributed by atoms with van der Waals surface area (Å²) >= 11 is 2.94. The molecule has 2 aromatic rings. The first-order valence-corrected chi connectivity index (χ1v) is 7.25. The summed E-state index contributed by atoms with van der Waals surface area (Å²) in [6.07, 6.45) is 2.93. The standard InChI is InChI=1S/C12H10N4O2S2/c17-11(15-13-7-9-3-1-5-19-9)12(18)16-14-8-10-4-2-6-20-10/h1-8H,(H,15,17)(H,16,18). The lowest BCUT2D eigenvalue weighted by Gasteiger charge is -1.97. The molecule has 2 aromatic heterocycles. The van der Waals surface area contributed by atoms with Crippen molar-refractivity contribution in [3.8, 4) is 0 Å². The molecule has 0 atom stereocenters. The monoisotopic (exact) mass is 306 g/mol. The second-order valence-electron chi connectivity index (χ2n) is 3.43. The number of hydrazone groups is 2. The Morgan fingerprint density at radius 1 is 0.900 bits per heavy atom. The molecule has 0 saturated carbocycles. The minimum atomic E-state index is -0.874. The van der Waals surface area contributed by atoms with E-state index in [1.807, 2.05) is 35.0 Å². The van der Waals surface area contributed by atoms with Crippen LogP contribution >= 0.6 is 22.7 Å². The molecule has 102 valence electrons. The van der Waals surface area contributed by atoms with Gasteiger partial charge in [0.2, 0.25) is 0 Å². The number of hydrogen-bond acceptors (Lipinski definition) is 6. The summed E-state index contributed by atoms with van der Waals surface area (Å²) in [6.45, 7) is 0. The van der Waals surface area contributed by atoms with Crippen LogP contribution in [0.2, 0.25) is 0 Å². The van der Waals surface area contributed by atoms with Gasteiger partial charge in [-0.05, 0) is 22.9 Å². The lowest BCUT2D eigenvalue weighted by molar-refractivity contribution is -0.139. The molecule has 6 nitrogen and oxygen atoms in total. The summed E-state index contributed by atoms with van der Waals surface area (Å²) in [5, 5.41) is 11.1. The highest BCUT2D eigenvalue weighted by Crippen LogP contribution is 2.04. The third-order valence-corrected chi connectivity index (χ3v) is 3.62.